The molecule has 1 N–H and O–H groups in total. The molecule has 0 aromatic carbocycles. The smallest absolute Gasteiger partial charge is 0.117 e. The quantitative estimate of drug-likeness (QED) is 0.658. The Morgan fingerprint density at radius 1 is 1.70 bits per heavy atom. The van der Waals surface area contributed by atoms with Gasteiger partial charge in [-0.15, -0.1) is 0 Å². The van der Waals surface area contributed by atoms with E-state index in [1.165, 1.54) is 4.68 Å². The number of nitrogens with zero attached hydrogens (tertiary/aromatic N) is 2. The van der Waals surface area contributed by atoms with Crippen LogP contribution >= 0.6 is 0 Å². The van der Waals surface area contributed by atoms with Crippen LogP contribution in [0.2, 0.25) is 0 Å². The van der Waals surface area contributed by atoms with Gasteiger partial charge in [0.2, 0.25) is 0 Å². The molecule has 0 saturated heterocycles. The van der Waals surface area contributed by atoms with Crippen LogP contribution in [0, 0.1) is 0 Å². The summed E-state index contributed by atoms with van der Waals surface area (Å²) in [5.74, 6) is 0. The van der Waals surface area contributed by atoms with Crippen molar-refractivity contribution in [2.45, 2.75) is 12.6 Å². The summed E-state index contributed by atoms with van der Waals surface area (Å²) in [4.78, 5) is 0. The lowest BCUT2D eigenvalue weighted by Gasteiger charge is -2.04. The molecule has 1 unspecified atom stereocenters. The van der Waals surface area contributed by atoms with Gasteiger partial charge in [-0.2, -0.15) is 5.10 Å². The Morgan fingerprint density at radius 2 is 2.50 bits per heavy atom. The van der Waals surface area contributed by atoms with Gasteiger partial charge in [-0.3, -0.25) is 4.68 Å². The lowest BCUT2D eigenvalue weighted by Crippen LogP contribution is -2.17. The van der Waals surface area contributed by atoms with Crippen LogP contribution in [0.5, 0.6) is 0 Å². The summed E-state index contributed by atoms with van der Waals surface area (Å²) in [7, 11) is 0. The first-order valence-corrected chi connectivity index (χ1v) is 3.04. The molecule has 3 nitrogen and oxygen atoms in total. The largest absolute Gasteiger partial charge is 0.388 e. The van der Waals surface area contributed by atoms with Gasteiger partial charge in [-0.1, -0.05) is 0 Å². The molecule has 1 heterocycles. The van der Waals surface area contributed by atoms with Gasteiger partial charge in [0.15, 0.2) is 0 Å². The highest BCUT2D eigenvalue weighted by molar-refractivity contribution is 4.78. The van der Waals surface area contributed by atoms with E-state index in [4.69, 9.17) is 5.11 Å². The third-order valence-electron chi connectivity index (χ3n) is 1.14. The molecule has 1 aromatic heterocycles. The van der Waals surface area contributed by atoms with E-state index in [-0.39, 0.29) is 6.54 Å². The first kappa shape index (κ1) is 7.21. The van der Waals surface area contributed by atoms with Crippen LogP contribution in [0.4, 0.5) is 4.39 Å². The zero-order valence-electron chi connectivity index (χ0n) is 5.44. The average molecular weight is 144 g/mol. The molecule has 56 valence electrons. The lowest BCUT2D eigenvalue weighted by atomic mass is 10.4. The van der Waals surface area contributed by atoms with Crippen molar-refractivity contribution in [1.82, 2.24) is 9.78 Å². The standard InChI is InChI=1S/C6H9FN2O/c7-4-6(10)5-9-3-1-2-8-9/h1-3,6,10H,4-5H2. The van der Waals surface area contributed by atoms with E-state index in [2.05, 4.69) is 5.10 Å². The van der Waals surface area contributed by atoms with Gasteiger partial charge < -0.3 is 5.11 Å². The van der Waals surface area contributed by atoms with Crippen molar-refractivity contribution < 1.29 is 9.50 Å². The zero-order chi connectivity index (χ0) is 7.40. The van der Waals surface area contributed by atoms with Crippen LogP contribution in [0.15, 0.2) is 18.5 Å². The van der Waals surface area contributed by atoms with Gasteiger partial charge in [-0.25, -0.2) is 4.39 Å². The summed E-state index contributed by atoms with van der Waals surface area (Å²) in [5, 5.41) is 12.6. The second kappa shape index (κ2) is 3.31. The van der Waals surface area contributed by atoms with Gasteiger partial charge in [0, 0.05) is 12.4 Å². The molecule has 0 aliphatic carbocycles. The normalized spacial score (nSPS) is 13.4. The fourth-order valence-electron chi connectivity index (χ4n) is 0.673. The summed E-state index contributed by atoms with van der Waals surface area (Å²) in [6.45, 7) is -0.497. The third-order valence-corrected chi connectivity index (χ3v) is 1.14. The predicted octanol–water partition coefficient (Wildman–Crippen LogP) is 0.214. The summed E-state index contributed by atoms with van der Waals surface area (Å²) >= 11 is 0. The molecule has 1 rings (SSSR count). The number of hydrogen-bond donors (Lipinski definition) is 1. The van der Waals surface area contributed by atoms with Crippen LogP contribution in [-0.4, -0.2) is 27.7 Å². The Balaban J connectivity index is 2.40. The van der Waals surface area contributed by atoms with Crippen molar-refractivity contribution >= 4 is 0 Å². The number of alkyl halides is 1. The van der Waals surface area contributed by atoms with Crippen LogP contribution < -0.4 is 0 Å². The molecule has 0 fully saturated rings. The highest BCUT2D eigenvalue weighted by Gasteiger charge is 2.02. The summed E-state index contributed by atoms with van der Waals surface area (Å²) in [5.41, 5.74) is 0. The van der Waals surface area contributed by atoms with Crippen molar-refractivity contribution in [3.63, 3.8) is 0 Å². The minimum atomic E-state index is -0.931. The summed E-state index contributed by atoms with van der Waals surface area (Å²) in [6.07, 6.45) is 2.34. The topological polar surface area (TPSA) is 38.0 Å². The molecule has 0 radical (unpaired) electrons. The Morgan fingerprint density at radius 3 is 3.00 bits per heavy atom. The fourth-order valence-corrected chi connectivity index (χ4v) is 0.673. The second-order valence-corrected chi connectivity index (χ2v) is 2.04. The molecule has 0 spiro atoms. The SMILES string of the molecule is OC(CF)Cn1cccn1. The van der Waals surface area contributed by atoms with Crippen molar-refractivity contribution in [3.8, 4) is 0 Å². The molecule has 4 heteroatoms. The number of rotatable bonds is 3. The fraction of sp³-hybridized carbons (Fsp3) is 0.500. The molecule has 0 aliphatic heterocycles. The van der Waals surface area contributed by atoms with Gasteiger partial charge in [0.1, 0.15) is 12.8 Å². The van der Waals surface area contributed by atoms with Crippen molar-refractivity contribution in [1.29, 1.82) is 0 Å². The molecule has 0 saturated carbocycles. The van der Waals surface area contributed by atoms with E-state index in [9.17, 15) is 4.39 Å². The van der Waals surface area contributed by atoms with Crippen molar-refractivity contribution in [3.05, 3.63) is 18.5 Å². The molecule has 1 atom stereocenters. The van der Waals surface area contributed by atoms with Crippen molar-refractivity contribution in [2.75, 3.05) is 6.67 Å². The first-order chi connectivity index (χ1) is 4.83. The molecule has 0 bridgehead atoms. The summed E-state index contributed by atoms with van der Waals surface area (Å²) < 4.78 is 13.2. The Bertz CT molecular complexity index is 176. The van der Waals surface area contributed by atoms with Crippen LogP contribution in [0.25, 0.3) is 0 Å². The van der Waals surface area contributed by atoms with E-state index >= 15 is 0 Å². The van der Waals surface area contributed by atoms with Crippen LogP contribution in [0.3, 0.4) is 0 Å². The van der Waals surface area contributed by atoms with Crippen molar-refractivity contribution in [2.24, 2.45) is 0 Å². The zero-order valence-corrected chi connectivity index (χ0v) is 5.44. The maximum atomic E-state index is 11.7. The lowest BCUT2D eigenvalue weighted by molar-refractivity contribution is 0.118. The molecule has 0 amide bonds. The number of aliphatic hydroxyl groups excluding tert-OH is 1. The second-order valence-electron chi connectivity index (χ2n) is 2.04. The van der Waals surface area contributed by atoms with Crippen LogP contribution in [0.1, 0.15) is 0 Å². The van der Waals surface area contributed by atoms with E-state index in [1.54, 1.807) is 18.5 Å². The minimum absolute atomic E-state index is 0.226. The first-order valence-electron chi connectivity index (χ1n) is 3.04. The molecule has 1 aromatic rings. The Labute approximate surface area is 58.1 Å². The Kier molecular flexibility index (Phi) is 2.39. The van der Waals surface area contributed by atoms with Gasteiger partial charge >= 0.3 is 0 Å². The highest BCUT2D eigenvalue weighted by Crippen LogP contribution is 1.90. The maximum absolute atomic E-state index is 11.7. The van der Waals surface area contributed by atoms with Gasteiger partial charge in [-0.05, 0) is 6.07 Å². The van der Waals surface area contributed by atoms with E-state index in [1.807, 2.05) is 0 Å². The highest BCUT2D eigenvalue weighted by atomic mass is 19.1. The predicted molar refractivity (Wildman–Crippen MR) is 34.2 cm³/mol. The number of hydrogen-bond acceptors (Lipinski definition) is 2. The number of halogens is 1. The molecular formula is C6H9FN2O. The maximum Gasteiger partial charge on any atom is 0.117 e. The molecule has 10 heavy (non-hydrogen) atoms. The van der Waals surface area contributed by atoms with E-state index in [0.717, 1.165) is 0 Å². The average Bonchev–Trinajstić information content (AvgIpc) is 2.40. The number of aliphatic hydroxyl groups is 1. The Hall–Kier alpha value is -0.900. The van der Waals surface area contributed by atoms with Gasteiger partial charge in [0.05, 0.1) is 6.54 Å². The van der Waals surface area contributed by atoms with Crippen LogP contribution in [-0.2, 0) is 6.54 Å². The third kappa shape index (κ3) is 1.80. The number of aromatic nitrogens is 2. The summed E-state index contributed by atoms with van der Waals surface area (Å²) in [6, 6.07) is 1.73. The van der Waals surface area contributed by atoms with E-state index < -0.39 is 12.8 Å². The van der Waals surface area contributed by atoms with Gasteiger partial charge in [0.25, 0.3) is 0 Å². The minimum Gasteiger partial charge on any atom is -0.388 e. The van der Waals surface area contributed by atoms with E-state index in [0.29, 0.717) is 0 Å². The monoisotopic (exact) mass is 144 g/mol. The molecule has 0 aliphatic rings. The molecular weight excluding hydrogens is 135 g/mol.